The molecule has 1 heterocycles. The Morgan fingerprint density at radius 3 is 2.45 bits per heavy atom. The topological polar surface area (TPSA) is 76.0 Å². The van der Waals surface area contributed by atoms with E-state index in [-0.39, 0.29) is 17.7 Å². The first-order chi connectivity index (χ1) is 16.0. The van der Waals surface area contributed by atoms with Crippen LogP contribution < -0.4 is 10.6 Å². The molecule has 2 aromatic carbocycles. The molecule has 0 unspecified atom stereocenters. The first kappa shape index (κ1) is 22.8. The van der Waals surface area contributed by atoms with E-state index < -0.39 is 0 Å². The number of carbonyl (C=O) groups is 2. The molecule has 0 saturated heterocycles. The summed E-state index contributed by atoms with van der Waals surface area (Å²) in [5.41, 5.74) is 5.51. The zero-order valence-corrected chi connectivity index (χ0v) is 19.4. The average molecular weight is 445 g/mol. The van der Waals surface area contributed by atoms with Gasteiger partial charge in [-0.15, -0.1) is 0 Å². The van der Waals surface area contributed by atoms with Crippen molar-refractivity contribution in [1.82, 2.24) is 15.1 Å². The second-order valence-electron chi connectivity index (χ2n) is 8.92. The Morgan fingerprint density at radius 1 is 1.00 bits per heavy atom. The normalized spacial score (nSPS) is 14.1. The Kier molecular flexibility index (Phi) is 7.23. The number of aromatic nitrogens is 2. The van der Waals surface area contributed by atoms with Crippen LogP contribution in [-0.4, -0.2) is 28.1 Å². The summed E-state index contributed by atoms with van der Waals surface area (Å²) in [4.78, 5) is 25.1. The minimum absolute atomic E-state index is 0.0659. The van der Waals surface area contributed by atoms with E-state index in [0.29, 0.717) is 17.8 Å². The molecule has 1 aliphatic carbocycles. The average Bonchev–Trinajstić information content (AvgIpc) is 3.18. The number of aryl methyl sites for hydroxylation is 2. The molecule has 4 rings (SSSR count). The van der Waals surface area contributed by atoms with E-state index in [4.69, 9.17) is 0 Å². The highest BCUT2D eigenvalue weighted by Crippen LogP contribution is 2.25. The summed E-state index contributed by atoms with van der Waals surface area (Å²) in [6.07, 6.45) is 6.09. The first-order valence-electron chi connectivity index (χ1n) is 11.8. The van der Waals surface area contributed by atoms with Gasteiger partial charge in [0.25, 0.3) is 5.91 Å². The van der Waals surface area contributed by atoms with Crippen molar-refractivity contribution in [3.8, 4) is 5.69 Å². The molecule has 1 saturated carbocycles. The monoisotopic (exact) mass is 444 g/mol. The van der Waals surface area contributed by atoms with Crippen molar-refractivity contribution in [2.75, 3.05) is 11.9 Å². The number of hydrogen-bond acceptors (Lipinski definition) is 3. The van der Waals surface area contributed by atoms with Crippen molar-refractivity contribution in [2.45, 2.75) is 52.4 Å². The summed E-state index contributed by atoms with van der Waals surface area (Å²) in [5.74, 6) is 0.0167. The van der Waals surface area contributed by atoms with Gasteiger partial charge in [0.05, 0.1) is 11.4 Å². The number of rotatable bonds is 7. The highest BCUT2D eigenvalue weighted by atomic mass is 16.2. The zero-order valence-electron chi connectivity index (χ0n) is 19.4. The van der Waals surface area contributed by atoms with E-state index in [2.05, 4.69) is 46.1 Å². The van der Waals surface area contributed by atoms with Crippen LogP contribution in [0.5, 0.6) is 0 Å². The molecule has 1 aliphatic rings. The molecular formula is C27H32N4O2. The third kappa shape index (κ3) is 5.89. The quantitative estimate of drug-likeness (QED) is 0.540. The molecule has 33 heavy (non-hydrogen) atoms. The second kappa shape index (κ2) is 10.5. The summed E-state index contributed by atoms with van der Waals surface area (Å²) < 4.78 is 1.93. The molecule has 6 heteroatoms. The molecule has 6 nitrogen and oxygen atoms in total. The number of hydrogen-bond donors (Lipinski definition) is 2. The van der Waals surface area contributed by atoms with Crippen LogP contribution in [0.3, 0.4) is 0 Å². The van der Waals surface area contributed by atoms with Gasteiger partial charge < -0.3 is 10.6 Å². The molecular weight excluding hydrogens is 412 g/mol. The van der Waals surface area contributed by atoms with Gasteiger partial charge in [-0.1, -0.05) is 37.5 Å². The van der Waals surface area contributed by atoms with Gasteiger partial charge in [-0.2, -0.15) is 5.10 Å². The van der Waals surface area contributed by atoms with Crippen molar-refractivity contribution in [3.63, 3.8) is 0 Å². The van der Waals surface area contributed by atoms with Crippen LogP contribution in [0.15, 0.2) is 54.6 Å². The third-order valence-electron chi connectivity index (χ3n) is 6.26. The van der Waals surface area contributed by atoms with Crippen molar-refractivity contribution in [3.05, 3.63) is 77.1 Å². The summed E-state index contributed by atoms with van der Waals surface area (Å²) in [7, 11) is 0. The highest BCUT2D eigenvalue weighted by Gasteiger charge is 2.21. The lowest BCUT2D eigenvalue weighted by Crippen LogP contribution is -2.26. The first-order valence-corrected chi connectivity index (χ1v) is 11.8. The van der Waals surface area contributed by atoms with E-state index in [9.17, 15) is 9.59 Å². The fourth-order valence-corrected chi connectivity index (χ4v) is 4.46. The van der Waals surface area contributed by atoms with E-state index in [1.807, 2.05) is 30.7 Å². The van der Waals surface area contributed by atoms with Crippen molar-refractivity contribution in [1.29, 1.82) is 0 Å². The Hall–Kier alpha value is -3.41. The van der Waals surface area contributed by atoms with Crippen molar-refractivity contribution in [2.24, 2.45) is 5.92 Å². The Morgan fingerprint density at radius 2 is 1.76 bits per heavy atom. The van der Waals surface area contributed by atoms with Gasteiger partial charge in [0.2, 0.25) is 5.91 Å². The molecule has 172 valence electrons. The molecule has 3 aromatic rings. The minimum atomic E-state index is -0.136. The van der Waals surface area contributed by atoms with Crippen LogP contribution in [0.25, 0.3) is 5.69 Å². The SMILES string of the molecule is Cc1cc(C)n(-c2ccc(CCNC(=O)c3cccc(NC(=O)C4CCCCC4)c3)cc2)n1. The smallest absolute Gasteiger partial charge is 0.251 e. The molecule has 2 amide bonds. The van der Waals surface area contributed by atoms with Gasteiger partial charge in [-0.3, -0.25) is 9.59 Å². The van der Waals surface area contributed by atoms with Crippen LogP contribution in [0.4, 0.5) is 5.69 Å². The number of nitrogens with one attached hydrogen (secondary N) is 2. The standard InChI is InChI=1S/C27H32N4O2/c1-19-17-20(2)31(30-19)25-13-11-21(12-14-25)15-16-28-26(32)23-9-6-10-24(18-23)29-27(33)22-7-4-3-5-8-22/h6,9-14,17-18,22H,3-5,7-8,15-16H2,1-2H3,(H,28,32)(H,29,33). The number of carbonyl (C=O) groups excluding carboxylic acids is 2. The van der Waals surface area contributed by atoms with Crippen molar-refractivity contribution < 1.29 is 9.59 Å². The minimum Gasteiger partial charge on any atom is -0.352 e. The zero-order chi connectivity index (χ0) is 23.2. The number of nitrogens with zero attached hydrogens (tertiary/aromatic N) is 2. The molecule has 0 spiro atoms. The molecule has 2 N–H and O–H groups in total. The van der Waals surface area contributed by atoms with Crippen molar-refractivity contribution >= 4 is 17.5 Å². The summed E-state index contributed by atoms with van der Waals surface area (Å²) >= 11 is 0. The predicted octanol–water partition coefficient (Wildman–Crippen LogP) is 4.98. The Balaban J connectivity index is 1.28. The maximum Gasteiger partial charge on any atom is 0.251 e. The largest absolute Gasteiger partial charge is 0.352 e. The van der Waals surface area contributed by atoms with Crippen LogP contribution in [0.1, 0.15) is 59.4 Å². The maximum absolute atomic E-state index is 12.6. The van der Waals surface area contributed by atoms with Crippen LogP contribution in [0, 0.1) is 19.8 Å². The number of benzene rings is 2. The summed E-state index contributed by atoms with van der Waals surface area (Å²) in [6, 6.07) is 17.5. The Labute approximate surface area is 195 Å². The highest BCUT2D eigenvalue weighted by molar-refractivity contribution is 5.97. The lowest BCUT2D eigenvalue weighted by atomic mass is 9.88. The fourth-order valence-electron chi connectivity index (χ4n) is 4.46. The maximum atomic E-state index is 12.6. The molecule has 1 fully saturated rings. The molecule has 1 aromatic heterocycles. The predicted molar refractivity (Wildman–Crippen MR) is 131 cm³/mol. The molecule has 0 atom stereocenters. The van der Waals surface area contributed by atoms with Crippen LogP contribution in [0.2, 0.25) is 0 Å². The fraction of sp³-hybridized carbons (Fsp3) is 0.370. The molecule has 0 radical (unpaired) electrons. The van der Waals surface area contributed by atoms with Crippen LogP contribution in [-0.2, 0) is 11.2 Å². The molecule has 0 bridgehead atoms. The second-order valence-corrected chi connectivity index (χ2v) is 8.92. The summed E-state index contributed by atoms with van der Waals surface area (Å²) in [5, 5.41) is 10.5. The third-order valence-corrected chi connectivity index (χ3v) is 6.26. The van der Waals surface area contributed by atoms with Gasteiger partial charge in [-0.05, 0) is 75.1 Å². The van der Waals surface area contributed by atoms with E-state index >= 15 is 0 Å². The van der Waals surface area contributed by atoms with Crippen LogP contribution >= 0.6 is 0 Å². The van der Waals surface area contributed by atoms with Gasteiger partial charge >= 0.3 is 0 Å². The summed E-state index contributed by atoms with van der Waals surface area (Å²) in [6.45, 7) is 4.57. The Bertz CT molecular complexity index is 1110. The number of anilines is 1. The van der Waals surface area contributed by atoms with E-state index in [1.54, 1.807) is 12.1 Å². The van der Waals surface area contributed by atoms with E-state index in [0.717, 1.165) is 54.7 Å². The molecule has 0 aliphatic heterocycles. The number of amides is 2. The lowest BCUT2D eigenvalue weighted by Gasteiger charge is -2.20. The van der Waals surface area contributed by atoms with Gasteiger partial charge in [0, 0.05) is 29.4 Å². The van der Waals surface area contributed by atoms with Gasteiger partial charge in [0.1, 0.15) is 0 Å². The lowest BCUT2D eigenvalue weighted by molar-refractivity contribution is -0.120. The van der Waals surface area contributed by atoms with E-state index in [1.165, 1.54) is 6.42 Å². The van der Waals surface area contributed by atoms with Gasteiger partial charge in [-0.25, -0.2) is 4.68 Å². The van der Waals surface area contributed by atoms with Gasteiger partial charge in [0.15, 0.2) is 0 Å².